The monoisotopic (exact) mass is 422 g/mol. The summed E-state index contributed by atoms with van der Waals surface area (Å²) in [6.45, 7) is 6.65. The molecule has 0 radical (unpaired) electrons. The van der Waals surface area contributed by atoms with Gasteiger partial charge in [0, 0.05) is 56.4 Å². The molecule has 1 unspecified atom stereocenters. The Morgan fingerprint density at radius 1 is 1.06 bits per heavy atom. The van der Waals surface area contributed by atoms with Crippen molar-refractivity contribution in [3.63, 3.8) is 0 Å². The van der Waals surface area contributed by atoms with E-state index in [1.165, 1.54) is 29.7 Å². The van der Waals surface area contributed by atoms with Crippen LogP contribution in [0, 0.1) is 0 Å². The van der Waals surface area contributed by atoms with Crippen molar-refractivity contribution < 1.29 is 4.74 Å². The minimum absolute atomic E-state index is 0.169. The number of ether oxygens (including phenoxy) is 1. The molecule has 0 aromatic heterocycles. The van der Waals surface area contributed by atoms with E-state index in [9.17, 15) is 0 Å². The number of likely N-dealkylation sites (tertiary alicyclic amines) is 1. The Kier molecular flexibility index (Phi) is 6.85. The Balaban J connectivity index is 1.29. The summed E-state index contributed by atoms with van der Waals surface area (Å²) >= 11 is 0. The van der Waals surface area contributed by atoms with Crippen LogP contribution in [0.1, 0.15) is 29.9 Å². The lowest BCUT2D eigenvalue weighted by atomic mass is 9.80. The zero-order chi connectivity index (χ0) is 21.8. The summed E-state index contributed by atoms with van der Waals surface area (Å²) in [5.74, 6) is 1.47. The first-order valence-electron chi connectivity index (χ1n) is 11.6. The maximum absolute atomic E-state index is 5.43. The smallest absolute Gasteiger partial charge is 0.119 e. The van der Waals surface area contributed by atoms with Crippen LogP contribution in [0.3, 0.4) is 0 Å². The molecule has 0 spiro atoms. The van der Waals surface area contributed by atoms with Gasteiger partial charge < -0.3 is 19.9 Å². The minimum atomic E-state index is 0.169. The summed E-state index contributed by atoms with van der Waals surface area (Å²) < 4.78 is 5.43. The van der Waals surface area contributed by atoms with Crippen molar-refractivity contribution in [3.05, 3.63) is 59.7 Å². The summed E-state index contributed by atoms with van der Waals surface area (Å²) in [4.78, 5) is 7.57. The molecule has 1 fully saturated rings. The lowest BCUT2D eigenvalue weighted by Crippen LogP contribution is -2.51. The van der Waals surface area contributed by atoms with E-state index in [1.807, 2.05) is 6.07 Å². The van der Waals surface area contributed by atoms with E-state index in [0.29, 0.717) is 5.92 Å². The number of nitrogens with zero attached hydrogens (tertiary/aromatic N) is 3. The zero-order valence-electron chi connectivity index (χ0n) is 19.6. The molecule has 0 saturated carbocycles. The second-order valence-electron chi connectivity index (χ2n) is 9.43. The van der Waals surface area contributed by atoms with E-state index >= 15 is 0 Å². The number of hydrogen-bond donors (Lipinski definition) is 1. The number of methoxy groups -OCH3 is 1. The zero-order valence-corrected chi connectivity index (χ0v) is 19.6. The standard InChI is InChI=1S/C26H38N4O/c1-28(2)26(22-8-6-5-7-9-22)12-14-30(15-13-26)17-16-29(3)20-21-19-27-25-11-10-23(31-4)18-24(21)25/h5-11,18,21,27H,12-17,19-20H2,1-4H3. The van der Waals surface area contributed by atoms with Gasteiger partial charge in [0.25, 0.3) is 0 Å². The molecule has 0 amide bonds. The lowest BCUT2D eigenvalue weighted by molar-refractivity contribution is 0.0505. The first-order chi connectivity index (χ1) is 15.0. The van der Waals surface area contributed by atoms with Crippen LogP contribution in [0.4, 0.5) is 5.69 Å². The first-order valence-corrected chi connectivity index (χ1v) is 11.6. The maximum atomic E-state index is 5.43. The number of benzene rings is 2. The van der Waals surface area contributed by atoms with Gasteiger partial charge in [-0.1, -0.05) is 30.3 Å². The normalized spacial score (nSPS) is 20.6. The Morgan fingerprint density at radius 2 is 1.81 bits per heavy atom. The van der Waals surface area contributed by atoms with E-state index in [1.54, 1.807) is 7.11 Å². The van der Waals surface area contributed by atoms with Crippen LogP contribution in [0.25, 0.3) is 0 Å². The Hall–Kier alpha value is -2.08. The third-order valence-corrected chi connectivity index (χ3v) is 7.42. The average Bonchev–Trinajstić information content (AvgIpc) is 3.20. The molecule has 5 heteroatoms. The fourth-order valence-corrected chi connectivity index (χ4v) is 5.34. The summed E-state index contributed by atoms with van der Waals surface area (Å²) in [5.41, 5.74) is 4.28. The molecule has 1 N–H and O–H groups in total. The Morgan fingerprint density at radius 3 is 2.48 bits per heavy atom. The Labute approximate surface area is 188 Å². The number of nitrogens with one attached hydrogen (secondary N) is 1. The van der Waals surface area contributed by atoms with Gasteiger partial charge in [-0.15, -0.1) is 0 Å². The van der Waals surface area contributed by atoms with Crippen molar-refractivity contribution in [1.82, 2.24) is 14.7 Å². The van der Waals surface area contributed by atoms with Crippen LogP contribution in [-0.4, -0.2) is 82.2 Å². The Bertz CT molecular complexity index is 846. The molecule has 31 heavy (non-hydrogen) atoms. The molecule has 2 aromatic carbocycles. The number of rotatable bonds is 8. The van der Waals surface area contributed by atoms with Crippen molar-refractivity contribution in [2.75, 3.05) is 72.8 Å². The number of piperidine rings is 1. The third kappa shape index (κ3) is 4.74. The quantitative estimate of drug-likeness (QED) is 0.701. The minimum Gasteiger partial charge on any atom is -0.497 e. The fourth-order valence-electron chi connectivity index (χ4n) is 5.34. The van der Waals surface area contributed by atoms with E-state index < -0.39 is 0 Å². The van der Waals surface area contributed by atoms with Gasteiger partial charge in [0.05, 0.1) is 7.11 Å². The van der Waals surface area contributed by atoms with E-state index in [0.717, 1.165) is 45.0 Å². The van der Waals surface area contributed by atoms with Gasteiger partial charge in [-0.25, -0.2) is 0 Å². The molecule has 2 aliphatic rings. The highest BCUT2D eigenvalue weighted by molar-refractivity contribution is 5.60. The van der Waals surface area contributed by atoms with Crippen LogP contribution in [-0.2, 0) is 5.54 Å². The molecule has 2 heterocycles. The molecule has 4 rings (SSSR count). The molecular formula is C26H38N4O. The predicted octanol–water partition coefficient (Wildman–Crippen LogP) is 3.69. The van der Waals surface area contributed by atoms with Gasteiger partial charge >= 0.3 is 0 Å². The molecule has 1 atom stereocenters. The molecule has 5 nitrogen and oxygen atoms in total. The molecule has 2 aromatic rings. The van der Waals surface area contributed by atoms with Gasteiger partial charge in [-0.05, 0) is 63.3 Å². The van der Waals surface area contributed by atoms with Crippen LogP contribution >= 0.6 is 0 Å². The molecule has 0 bridgehead atoms. The summed E-state index contributed by atoms with van der Waals surface area (Å²) in [6, 6.07) is 17.4. The predicted molar refractivity (Wildman–Crippen MR) is 129 cm³/mol. The lowest BCUT2D eigenvalue weighted by Gasteiger charge is -2.47. The molecule has 1 saturated heterocycles. The molecule has 168 valence electrons. The average molecular weight is 423 g/mol. The second-order valence-corrected chi connectivity index (χ2v) is 9.43. The highest BCUT2D eigenvalue weighted by Gasteiger charge is 2.38. The van der Waals surface area contributed by atoms with Crippen molar-refractivity contribution >= 4 is 5.69 Å². The number of hydrogen-bond acceptors (Lipinski definition) is 5. The van der Waals surface area contributed by atoms with Crippen LogP contribution < -0.4 is 10.1 Å². The summed E-state index contributed by atoms with van der Waals surface area (Å²) in [7, 11) is 8.47. The van der Waals surface area contributed by atoms with Gasteiger partial charge in [-0.3, -0.25) is 4.90 Å². The summed E-state index contributed by atoms with van der Waals surface area (Å²) in [6.07, 6.45) is 2.38. The molecule has 2 aliphatic heterocycles. The third-order valence-electron chi connectivity index (χ3n) is 7.42. The van der Waals surface area contributed by atoms with E-state index in [2.05, 4.69) is 83.6 Å². The summed E-state index contributed by atoms with van der Waals surface area (Å²) in [5, 5.41) is 3.55. The van der Waals surface area contributed by atoms with Crippen molar-refractivity contribution in [1.29, 1.82) is 0 Å². The molecule has 0 aliphatic carbocycles. The number of anilines is 1. The van der Waals surface area contributed by atoms with Crippen LogP contribution in [0.15, 0.2) is 48.5 Å². The van der Waals surface area contributed by atoms with Gasteiger partial charge in [0.15, 0.2) is 0 Å². The van der Waals surface area contributed by atoms with Gasteiger partial charge in [0.2, 0.25) is 0 Å². The number of likely N-dealkylation sites (N-methyl/N-ethyl adjacent to an activating group) is 1. The van der Waals surface area contributed by atoms with Crippen molar-refractivity contribution in [3.8, 4) is 5.75 Å². The maximum Gasteiger partial charge on any atom is 0.119 e. The number of fused-ring (bicyclic) bond motifs is 1. The fraction of sp³-hybridized carbons (Fsp3) is 0.538. The van der Waals surface area contributed by atoms with Gasteiger partial charge in [0.1, 0.15) is 5.75 Å². The second kappa shape index (κ2) is 9.60. The highest BCUT2D eigenvalue weighted by atomic mass is 16.5. The molecular weight excluding hydrogens is 384 g/mol. The van der Waals surface area contributed by atoms with Crippen LogP contribution in [0.2, 0.25) is 0 Å². The largest absolute Gasteiger partial charge is 0.497 e. The van der Waals surface area contributed by atoms with Crippen molar-refractivity contribution in [2.24, 2.45) is 0 Å². The highest BCUT2D eigenvalue weighted by Crippen LogP contribution is 2.37. The topological polar surface area (TPSA) is 31.0 Å². The van der Waals surface area contributed by atoms with Crippen molar-refractivity contribution in [2.45, 2.75) is 24.3 Å². The van der Waals surface area contributed by atoms with E-state index in [-0.39, 0.29) is 5.54 Å². The SMILES string of the molecule is COc1ccc2c(c1)C(CN(C)CCN1CCC(c3ccccc3)(N(C)C)CC1)CN2. The van der Waals surface area contributed by atoms with Gasteiger partial charge in [-0.2, -0.15) is 0 Å². The van der Waals surface area contributed by atoms with E-state index in [4.69, 9.17) is 4.74 Å². The van der Waals surface area contributed by atoms with Crippen LogP contribution in [0.5, 0.6) is 5.75 Å². The first kappa shape index (κ1) is 22.1.